The number of aliphatic imine (C=N–C) groups is 1. The van der Waals surface area contributed by atoms with Crippen LogP contribution in [0.4, 0.5) is 0 Å². The van der Waals surface area contributed by atoms with Crippen LogP contribution in [0.15, 0.2) is 29.3 Å². The molecule has 4 atom stereocenters. The van der Waals surface area contributed by atoms with Gasteiger partial charge in [0.2, 0.25) is 0 Å². The smallest absolute Gasteiger partial charge is 0.309 e. The molecule has 1 amide bonds. The number of likely N-dealkylation sites (tertiary alicyclic amines) is 1. The maximum atomic E-state index is 12.8. The Hall–Kier alpha value is -2.41. The average molecular weight is 410 g/mol. The SMILES string of the molecule is CCOC(=O)C1[C@H]2CC3(C[C@@H]12)OC(N1CCC2(CC1)OCc1ccccc12)=NC3=O. The zero-order valence-corrected chi connectivity index (χ0v) is 17.1. The normalized spacial score (nSPS) is 35.2. The second-order valence-electron chi connectivity index (χ2n) is 9.24. The Bertz CT molecular complexity index is 937. The van der Waals surface area contributed by atoms with E-state index in [2.05, 4.69) is 34.2 Å². The molecule has 7 heteroatoms. The molecule has 1 saturated heterocycles. The van der Waals surface area contributed by atoms with E-state index in [9.17, 15) is 9.59 Å². The molecule has 3 aliphatic heterocycles. The lowest BCUT2D eigenvalue weighted by molar-refractivity contribution is -0.147. The minimum Gasteiger partial charge on any atom is -0.466 e. The van der Waals surface area contributed by atoms with Gasteiger partial charge in [0.1, 0.15) is 0 Å². The molecular formula is C23H26N2O5. The number of amidine groups is 1. The zero-order chi connectivity index (χ0) is 20.5. The second kappa shape index (κ2) is 6.30. The molecule has 0 bridgehead atoms. The van der Waals surface area contributed by atoms with Crippen LogP contribution in [0.3, 0.4) is 0 Å². The quantitative estimate of drug-likeness (QED) is 0.697. The van der Waals surface area contributed by atoms with Crippen LogP contribution in [-0.4, -0.2) is 48.1 Å². The number of esters is 1. The van der Waals surface area contributed by atoms with Crippen molar-refractivity contribution in [3.63, 3.8) is 0 Å². The summed E-state index contributed by atoms with van der Waals surface area (Å²) in [5.74, 6) is -0.00115. The molecule has 2 aliphatic carbocycles. The maximum Gasteiger partial charge on any atom is 0.309 e. The summed E-state index contributed by atoms with van der Waals surface area (Å²) in [4.78, 5) is 31.2. The Balaban J connectivity index is 1.10. The lowest BCUT2D eigenvalue weighted by Gasteiger charge is -2.40. The van der Waals surface area contributed by atoms with Gasteiger partial charge in [-0.3, -0.25) is 9.59 Å². The number of hydrogen-bond acceptors (Lipinski definition) is 6. The van der Waals surface area contributed by atoms with Crippen LogP contribution in [0.2, 0.25) is 0 Å². The van der Waals surface area contributed by atoms with E-state index in [0.717, 1.165) is 25.9 Å². The van der Waals surface area contributed by atoms with E-state index in [1.54, 1.807) is 0 Å². The van der Waals surface area contributed by atoms with Crippen LogP contribution < -0.4 is 0 Å². The molecule has 2 saturated carbocycles. The molecule has 3 fully saturated rings. The molecule has 2 unspecified atom stereocenters. The van der Waals surface area contributed by atoms with Crippen LogP contribution in [-0.2, 0) is 36.0 Å². The summed E-state index contributed by atoms with van der Waals surface area (Å²) in [6.07, 6.45) is 2.84. The number of ether oxygens (including phenoxy) is 3. The summed E-state index contributed by atoms with van der Waals surface area (Å²) >= 11 is 0. The number of nitrogens with zero attached hydrogens (tertiary/aromatic N) is 2. The minimum atomic E-state index is -0.862. The number of fused-ring (bicyclic) bond motifs is 3. The van der Waals surface area contributed by atoms with E-state index in [1.165, 1.54) is 11.1 Å². The summed E-state index contributed by atoms with van der Waals surface area (Å²) in [6, 6.07) is 8.89. The summed E-state index contributed by atoms with van der Waals surface area (Å²) in [5.41, 5.74) is 1.48. The first-order valence-electron chi connectivity index (χ1n) is 11.0. The largest absolute Gasteiger partial charge is 0.466 e. The molecular weight excluding hydrogens is 384 g/mol. The maximum absolute atomic E-state index is 12.8. The Labute approximate surface area is 175 Å². The van der Waals surface area contributed by atoms with Crippen molar-refractivity contribution in [2.75, 3.05) is 19.7 Å². The standard InChI is InChI=1S/C23H26N2O5/c1-2-28-19(26)18-15-11-23(12-16(15)18)20(27)24-21(30-23)25-9-7-22(8-10-25)17-6-4-3-5-14(17)13-29-22/h3-6,15-16,18H,2,7-13H2,1H3/t15-,16+,18?,23?. The van der Waals surface area contributed by atoms with Crippen LogP contribution >= 0.6 is 0 Å². The van der Waals surface area contributed by atoms with Gasteiger partial charge in [-0.1, -0.05) is 24.3 Å². The molecule has 3 heterocycles. The molecule has 0 radical (unpaired) electrons. The lowest BCUT2D eigenvalue weighted by atomic mass is 9.84. The summed E-state index contributed by atoms with van der Waals surface area (Å²) < 4.78 is 17.6. The van der Waals surface area contributed by atoms with Gasteiger partial charge in [0.05, 0.1) is 24.7 Å². The van der Waals surface area contributed by atoms with Crippen molar-refractivity contribution in [1.29, 1.82) is 0 Å². The van der Waals surface area contributed by atoms with Gasteiger partial charge in [-0.05, 0) is 42.7 Å². The highest BCUT2D eigenvalue weighted by molar-refractivity contribution is 6.02. The van der Waals surface area contributed by atoms with Crippen molar-refractivity contribution in [3.8, 4) is 0 Å². The van der Waals surface area contributed by atoms with Crippen molar-refractivity contribution in [2.45, 2.75) is 50.4 Å². The van der Waals surface area contributed by atoms with E-state index < -0.39 is 5.60 Å². The number of piperidine rings is 1. The van der Waals surface area contributed by atoms with E-state index in [0.29, 0.717) is 32.1 Å². The Morgan fingerprint density at radius 3 is 2.67 bits per heavy atom. The van der Waals surface area contributed by atoms with E-state index >= 15 is 0 Å². The highest BCUT2D eigenvalue weighted by Crippen LogP contribution is 2.63. The van der Waals surface area contributed by atoms with Crippen molar-refractivity contribution < 1.29 is 23.8 Å². The Morgan fingerprint density at radius 2 is 1.93 bits per heavy atom. The van der Waals surface area contributed by atoms with Crippen molar-refractivity contribution in [2.24, 2.45) is 22.7 Å². The summed E-state index contributed by atoms with van der Waals surface area (Å²) in [6.45, 7) is 4.37. The highest BCUT2D eigenvalue weighted by atomic mass is 16.5. The summed E-state index contributed by atoms with van der Waals surface area (Å²) in [5, 5.41) is 0. The fourth-order valence-electron chi connectivity index (χ4n) is 6.11. The number of amides is 1. The molecule has 6 rings (SSSR count). The number of rotatable bonds is 2. The molecule has 0 N–H and O–H groups in total. The first-order chi connectivity index (χ1) is 14.6. The third kappa shape index (κ3) is 2.51. The van der Waals surface area contributed by atoms with Crippen LogP contribution in [0.1, 0.15) is 43.7 Å². The number of carbonyl (C=O) groups is 2. The average Bonchev–Trinajstić information content (AvgIpc) is 3.03. The van der Waals surface area contributed by atoms with E-state index in [4.69, 9.17) is 14.2 Å². The van der Waals surface area contributed by atoms with E-state index in [-0.39, 0.29) is 35.2 Å². The van der Waals surface area contributed by atoms with Crippen LogP contribution in [0.25, 0.3) is 0 Å². The van der Waals surface area contributed by atoms with Crippen molar-refractivity contribution in [3.05, 3.63) is 35.4 Å². The predicted molar refractivity (Wildman–Crippen MR) is 106 cm³/mol. The van der Waals surface area contributed by atoms with Gasteiger partial charge in [-0.25, -0.2) is 0 Å². The Morgan fingerprint density at radius 1 is 1.20 bits per heavy atom. The first-order valence-corrected chi connectivity index (χ1v) is 11.0. The van der Waals surface area contributed by atoms with Gasteiger partial charge >= 0.3 is 5.97 Å². The van der Waals surface area contributed by atoms with Gasteiger partial charge < -0.3 is 19.1 Å². The van der Waals surface area contributed by atoms with Gasteiger partial charge in [-0.15, -0.1) is 0 Å². The van der Waals surface area contributed by atoms with Crippen LogP contribution in [0, 0.1) is 17.8 Å². The van der Waals surface area contributed by atoms with Gasteiger partial charge in [-0.2, -0.15) is 4.99 Å². The topological polar surface area (TPSA) is 77.4 Å². The molecule has 5 aliphatic rings. The molecule has 158 valence electrons. The molecule has 1 aromatic carbocycles. The molecule has 30 heavy (non-hydrogen) atoms. The number of carbonyl (C=O) groups excluding carboxylic acids is 2. The number of benzene rings is 1. The van der Waals surface area contributed by atoms with Crippen molar-refractivity contribution >= 4 is 17.9 Å². The first kappa shape index (κ1) is 18.4. The third-order valence-electron chi connectivity index (χ3n) is 7.75. The molecule has 1 aromatic rings. The van der Waals surface area contributed by atoms with Gasteiger partial charge in [0, 0.05) is 25.9 Å². The minimum absolute atomic E-state index is 0.0644. The monoisotopic (exact) mass is 410 g/mol. The van der Waals surface area contributed by atoms with Crippen LogP contribution in [0.5, 0.6) is 0 Å². The zero-order valence-electron chi connectivity index (χ0n) is 17.1. The predicted octanol–water partition coefficient (Wildman–Crippen LogP) is 2.38. The Kier molecular flexibility index (Phi) is 3.85. The van der Waals surface area contributed by atoms with Gasteiger partial charge in [0.25, 0.3) is 11.9 Å². The molecule has 2 spiro atoms. The lowest BCUT2D eigenvalue weighted by Crippen LogP contribution is -2.47. The molecule has 7 nitrogen and oxygen atoms in total. The van der Waals surface area contributed by atoms with Gasteiger partial charge in [0.15, 0.2) is 5.60 Å². The highest BCUT2D eigenvalue weighted by Gasteiger charge is 2.70. The summed E-state index contributed by atoms with van der Waals surface area (Å²) in [7, 11) is 0. The fourth-order valence-corrected chi connectivity index (χ4v) is 6.11. The van der Waals surface area contributed by atoms with Crippen molar-refractivity contribution in [1.82, 2.24) is 4.90 Å². The second-order valence-corrected chi connectivity index (χ2v) is 9.24. The molecule has 0 aromatic heterocycles. The van der Waals surface area contributed by atoms with E-state index in [1.807, 2.05) is 6.92 Å². The number of hydrogen-bond donors (Lipinski definition) is 0. The third-order valence-corrected chi connectivity index (χ3v) is 7.75. The fraction of sp³-hybridized carbons (Fsp3) is 0.609.